The molecule has 1 rings (SSSR count). The third-order valence-electron chi connectivity index (χ3n) is 4.31. The van der Waals surface area contributed by atoms with Gasteiger partial charge in [-0.15, -0.1) is 0 Å². The largest absolute Gasteiger partial charge is 0.330 e. The number of benzene rings is 1. The molecule has 0 aliphatic heterocycles. The van der Waals surface area contributed by atoms with Crippen LogP contribution < -0.4 is 0 Å². The summed E-state index contributed by atoms with van der Waals surface area (Å²) >= 11 is 0. The average Bonchev–Trinajstić information content (AvgIpc) is 2.64. The van der Waals surface area contributed by atoms with Crippen LogP contribution in [0, 0.1) is 0 Å². The molecule has 0 aromatic heterocycles. The smallest absolute Gasteiger partial charge is 0.309 e. The lowest BCUT2D eigenvalue weighted by Gasteiger charge is -2.18. The van der Waals surface area contributed by atoms with Crippen LogP contribution in [-0.4, -0.2) is 19.4 Å². The molecule has 25 heavy (non-hydrogen) atoms. The van der Waals surface area contributed by atoms with Gasteiger partial charge >= 0.3 is 7.60 Å². The highest BCUT2D eigenvalue weighted by atomic mass is 31.2. The fourth-order valence-corrected chi connectivity index (χ4v) is 4.58. The molecule has 0 spiro atoms. The van der Waals surface area contributed by atoms with Gasteiger partial charge in [-0.05, 0) is 31.2 Å². The van der Waals surface area contributed by atoms with Gasteiger partial charge in [0.25, 0.3) is 0 Å². The Labute approximate surface area is 155 Å². The first-order valence-electron chi connectivity index (χ1n) is 10.1. The van der Waals surface area contributed by atoms with E-state index in [-0.39, 0.29) is 0 Å². The Hall–Kier alpha value is -0.630. The second-order valence-electron chi connectivity index (χ2n) is 6.71. The predicted octanol–water partition coefficient (Wildman–Crippen LogP) is 7.01. The van der Waals surface area contributed by atoms with Crippen LogP contribution in [-0.2, 0) is 20.0 Å². The molecule has 0 bridgehead atoms. The van der Waals surface area contributed by atoms with Crippen molar-refractivity contribution in [3.8, 4) is 0 Å². The molecular formula is C21H37O3P. The molecule has 0 saturated carbocycles. The summed E-state index contributed by atoms with van der Waals surface area (Å²) in [5.41, 5.74) is 1.29. The number of unbranched alkanes of at least 4 members (excludes halogenated alkanes) is 6. The Bertz CT molecular complexity index is 461. The molecule has 4 heteroatoms. The molecular weight excluding hydrogens is 331 g/mol. The Balaban J connectivity index is 2.24. The number of hydrogen-bond donors (Lipinski definition) is 0. The molecule has 0 aliphatic rings. The van der Waals surface area contributed by atoms with Gasteiger partial charge in [-0.2, -0.15) is 0 Å². The van der Waals surface area contributed by atoms with E-state index in [4.69, 9.17) is 9.05 Å². The fourth-order valence-electron chi connectivity index (χ4n) is 2.73. The maximum atomic E-state index is 12.9. The van der Waals surface area contributed by atoms with Gasteiger partial charge in [-0.1, -0.05) is 82.7 Å². The lowest BCUT2D eigenvalue weighted by molar-refractivity contribution is 0.198. The van der Waals surface area contributed by atoms with E-state index in [0.717, 1.165) is 38.5 Å². The minimum atomic E-state index is -2.92. The van der Waals surface area contributed by atoms with E-state index in [0.29, 0.717) is 19.4 Å². The summed E-state index contributed by atoms with van der Waals surface area (Å²) < 4.78 is 24.3. The van der Waals surface area contributed by atoms with E-state index >= 15 is 0 Å². The van der Waals surface area contributed by atoms with E-state index in [1.807, 2.05) is 18.2 Å². The molecule has 0 heterocycles. The van der Waals surface area contributed by atoms with Crippen molar-refractivity contribution in [2.24, 2.45) is 0 Å². The van der Waals surface area contributed by atoms with Crippen LogP contribution in [0.4, 0.5) is 0 Å². The van der Waals surface area contributed by atoms with Crippen molar-refractivity contribution >= 4 is 7.60 Å². The molecule has 144 valence electrons. The Morgan fingerprint density at radius 1 is 0.760 bits per heavy atom. The van der Waals surface area contributed by atoms with Crippen LogP contribution >= 0.6 is 7.60 Å². The molecule has 1 unspecified atom stereocenters. The Kier molecular flexibility index (Phi) is 13.0. The molecule has 1 aromatic rings. The summed E-state index contributed by atoms with van der Waals surface area (Å²) in [7, 11) is -2.92. The van der Waals surface area contributed by atoms with Crippen LogP contribution in [0.3, 0.4) is 0 Å². The summed E-state index contributed by atoms with van der Waals surface area (Å²) in [6, 6.07) is 10.4. The van der Waals surface area contributed by atoms with Crippen molar-refractivity contribution in [2.75, 3.05) is 19.4 Å². The molecule has 1 atom stereocenters. The molecule has 0 N–H and O–H groups in total. The number of aryl methyl sites for hydroxylation is 1. The van der Waals surface area contributed by atoms with Crippen molar-refractivity contribution in [3.05, 3.63) is 35.9 Å². The Morgan fingerprint density at radius 2 is 1.36 bits per heavy atom. The van der Waals surface area contributed by atoms with Gasteiger partial charge in [0, 0.05) is 0 Å². The summed E-state index contributed by atoms with van der Waals surface area (Å²) in [4.78, 5) is 0. The quantitative estimate of drug-likeness (QED) is 0.233. The van der Waals surface area contributed by atoms with Crippen LogP contribution in [0.5, 0.6) is 0 Å². The van der Waals surface area contributed by atoms with Crippen LogP contribution in [0.2, 0.25) is 0 Å². The van der Waals surface area contributed by atoms with Gasteiger partial charge in [0.1, 0.15) is 0 Å². The lowest BCUT2D eigenvalue weighted by Crippen LogP contribution is -2.04. The van der Waals surface area contributed by atoms with Gasteiger partial charge in [0.05, 0.1) is 19.4 Å². The first-order valence-corrected chi connectivity index (χ1v) is 11.8. The lowest BCUT2D eigenvalue weighted by atomic mass is 10.1. The van der Waals surface area contributed by atoms with Crippen molar-refractivity contribution in [2.45, 2.75) is 78.1 Å². The summed E-state index contributed by atoms with van der Waals surface area (Å²) in [5, 5.41) is 0. The maximum absolute atomic E-state index is 12.9. The SMILES string of the molecule is CCCCCCCCOP(=O)(CCCC)OCCCc1ccccc1. The van der Waals surface area contributed by atoms with E-state index in [1.54, 1.807) is 0 Å². The third kappa shape index (κ3) is 11.6. The maximum Gasteiger partial charge on any atom is 0.330 e. The van der Waals surface area contributed by atoms with Gasteiger partial charge in [-0.3, -0.25) is 4.57 Å². The average molecular weight is 368 g/mol. The molecule has 0 aliphatic carbocycles. The topological polar surface area (TPSA) is 35.5 Å². The zero-order valence-electron chi connectivity index (χ0n) is 16.3. The van der Waals surface area contributed by atoms with Crippen LogP contribution in [0.1, 0.15) is 77.2 Å². The van der Waals surface area contributed by atoms with Crippen molar-refractivity contribution in [1.82, 2.24) is 0 Å². The van der Waals surface area contributed by atoms with Gasteiger partial charge in [-0.25, -0.2) is 0 Å². The van der Waals surface area contributed by atoms with Gasteiger partial charge < -0.3 is 9.05 Å². The van der Waals surface area contributed by atoms with Crippen LogP contribution in [0.25, 0.3) is 0 Å². The Morgan fingerprint density at radius 3 is 2.04 bits per heavy atom. The van der Waals surface area contributed by atoms with Gasteiger partial charge in [0.2, 0.25) is 0 Å². The van der Waals surface area contributed by atoms with E-state index < -0.39 is 7.60 Å². The second kappa shape index (κ2) is 14.5. The predicted molar refractivity (Wildman–Crippen MR) is 107 cm³/mol. The molecule has 0 fully saturated rings. The summed E-state index contributed by atoms with van der Waals surface area (Å²) in [6.07, 6.45) is 11.5. The first-order chi connectivity index (χ1) is 12.2. The standard InChI is InChI=1S/C21H37O3P/c1-3-5-7-8-9-13-18-23-25(22,20-6-4-2)24-19-14-17-21-15-11-10-12-16-21/h10-12,15-16H,3-9,13-14,17-20H2,1-2H3. The second-order valence-corrected chi connectivity index (χ2v) is 8.90. The van der Waals surface area contributed by atoms with E-state index in [1.165, 1.54) is 31.2 Å². The normalized spacial score (nSPS) is 13.7. The molecule has 1 aromatic carbocycles. The fraction of sp³-hybridized carbons (Fsp3) is 0.714. The van der Waals surface area contributed by atoms with Gasteiger partial charge in [0.15, 0.2) is 0 Å². The molecule has 0 saturated heterocycles. The summed E-state index contributed by atoms with van der Waals surface area (Å²) in [5.74, 6) is 0. The van der Waals surface area contributed by atoms with E-state index in [2.05, 4.69) is 26.0 Å². The number of rotatable bonds is 16. The van der Waals surface area contributed by atoms with Crippen LogP contribution in [0.15, 0.2) is 30.3 Å². The molecule has 0 radical (unpaired) electrons. The molecule has 3 nitrogen and oxygen atoms in total. The minimum Gasteiger partial charge on any atom is -0.309 e. The minimum absolute atomic E-state index is 0.506. The third-order valence-corrected chi connectivity index (χ3v) is 6.33. The van der Waals surface area contributed by atoms with Crippen molar-refractivity contribution in [3.63, 3.8) is 0 Å². The van der Waals surface area contributed by atoms with E-state index in [9.17, 15) is 4.57 Å². The highest BCUT2D eigenvalue weighted by molar-refractivity contribution is 7.53. The molecule has 0 amide bonds. The number of hydrogen-bond acceptors (Lipinski definition) is 3. The monoisotopic (exact) mass is 368 g/mol. The summed E-state index contributed by atoms with van der Waals surface area (Å²) in [6.45, 7) is 5.40. The first kappa shape index (κ1) is 22.4. The zero-order chi connectivity index (χ0) is 18.2. The highest BCUT2D eigenvalue weighted by Crippen LogP contribution is 2.49. The van der Waals surface area contributed by atoms with Crippen molar-refractivity contribution in [1.29, 1.82) is 0 Å². The van der Waals surface area contributed by atoms with Crippen molar-refractivity contribution < 1.29 is 13.6 Å². The highest BCUT2D eigenvalue weighted by Gasteiger charge is 2.23. The zero-order valence-corrected chi connectivity index (χ0v) is 17.1.